The number of hydrogen-bond acceptors (Lipinski definition) is 6. The van der Waals surface area contributed by atoms with Crippen LogP contribution in [0, 0.1) is 0 Å². The van der Waals surface area contributed by atoms with Crippen molar-refractivity contribution in [3.63, 3.8) is 0 Å². The van der Waals surface area contributed by atoms with Gasteiger partial charge >= 0.3 is 12.0 Å². The summed E-state index contributed by atoms with van der Waals surface area (Å²) in [7, 11) is 1.35. The Morgan fingerprint density at radius 2 is 1.89 bits per heavy atom. The highest BCUT2D eigenvalue weighted by Gasteiger charge is 2.41. The molecule has 3 aliphatic rings. The molecule has 28 heavy (non-hydrogen) atoms. The van der Waals surface area contributed by atoms with Gasteiger partial charge in [-0.15, -0.1) is 0 Å². The highest BCUT2D eigenvalue weighted by Crippen LogP contribution is 2.32. The Balaban J connectivity index is 1.57. The molecule has 1 aromatic carbocycles. The van der Waals surface area contributed by atoms with E-state index < -0.39 is 17.8 Å². The number of rotatable bonds is 4. The van der Waals surface area contributed by atoms with Crippen LogP contribution in [-0.2, 0) is 19.0 Å². The fourth-order valence-electron chi connectivity index (χ4n) is 4.05. The number of hydrogen-bond donors (Lipinski definition) is 2. The summed E-state index contributed by atoms with van der Waals surface area (Å²) in [5.74, 6) is -0.910. The Labute approximate surface area is 163 Å². The lowest BCUT2D eigenvalue weighted by Gasteiger charge is -2.39. The van der Waals surface area contributed by atoms with Crippen molar-refractivity contribution in [2.24, 2.45) is 0 Å². The van der Waals surface area contributed by atoms with Gasteiger partial charge in [0.1, 0.15) is 0 Å². The Hall–Kier alpha value is -2.42. The maximum atomic E-state index is 12.6. The molecule has 8 heteroatoms. The quantitative estimate of drug-likeness (QED) is 0.758. The molecule has 2 fully saturated rings. The van der Waals surface area contributed by atoms with Gasteiger partial charge in [0.25, 0.3) is 0 Å². The molecule has 0 saturated carbocycles. The number of nitrogens with one attached hydrogen (secondary N) is 2. The zero-order valence-corrected chi connectivity index (χ0v) is 15.9. The number of methoxy groups -OCH3 is 1. The second-order valence-corrected chi connectivity index (χ2v) is 7.21. The van der Waals surface area contributed by atoms with E-state index in [-0.39, 0.29) is 6.03 Å². The average Bonchev–Trinajstić information content (AvgIpc) is 3.18. The van der Waals surface area contributed by atoms with Gasteiger partial charge in [0.15, 0.2) is 5.79 Å². The Morgan fingerprint density at radius 1 is 1.21 bits per heavy atom. The largest absolute Gasteiger partial charge is 0.466 e. The molecule has 8 nitrogen and oxygen atoms in total. The van der Waals surface area contributed by atoms with E-state index in [0.717, 1.165) is 31.5 Å². The maximum absolute atomic E-state index is 12.6. The molecule has 0 aromatic heterocycles. The number of ether oxygens (including phenoxy) is 3. The van der Waals surface area contributed by atoms with Crippen molar-refractivity contribution in [3.8, 4) is 0 Å². The van der Waals surface area contributed by atoms with Gasteiger partial charge in [0, 0.05) is 38.2 Å². The smallest absolute Gasteiger partial charge is 0.338 e. The predicted octanol–water partition coefficient (Wildman–Crippen LogP) is 1.31. The lowest BCUT2D eigenvalue weighted by atomic mass is 9.94. The van der Waals surface area contributed by atoms with Gasteiger partial charge in [0.05, 0.1) is 31.9 Å². The van der Waals surface area contributed by atoms with E-state index in [4.69, 9.17) is 14.2 Å². The fourth-order valence-corrected chi connectivity index (χ4v) is 4.05. The number of piperidine rings is 1. The summed E-state index contributed by atoms with van der Waals surface area (Å²) in [5, 5.41) is 5.65. The van der Waals surface area contributed by atoms with Gasteiger partial charge in [0.2, 0.25) is 0 Å². The van der Waals surface area contributed by atoms with Gasteiger partial charge < -0.3 is 24.8 Å². The molecule has 1 aromatic rings. The number of likely N-dealkylation sites (tertiary alicyclic amines) is 1. The zero-order valence-electron chi connectivity index (χ0n) is 15.9. The molecule has 3 aliphatic heterocycles. The van der Waals surface area contributed by atoms with Gasteiger partial charge in [-0.2, -0.15) is 0 Å². The molecule has 3 heterocycles. The summed E-state index contributed by atoms with van der Waals surface area (Å²) >= 11 is 0. The van der Waals surface area contributed by atoms with Crippen LogP contribution in [0.15, 0.2) is 41.6 Å². The molecule has 0 bridgehead atoms. The lowest BCUT2D eigenvalue weighted by molar-refractivity contribution is -0.184. The summed E-state index contributed by atoms with van der Waals surface area (Å²) in [4.78, 5) is 27.1. The highest BCUT2D eigenvalue weighted by molar-refractivity contribution is 5.95. The summed E-state index contributed by atoms with van der Waals surface area (Å²) in [6, 6.07) is 8.55. The molecule has 150 valence electrons. The summed E-state index contributed by atoms with van der Waals surface area (Å²) < 4.78 is 16.6. The normalized spacial score (nSPS) is 24.8. The highest BCUT2D eigenvalue weighted by atomic mass is 16.7. The molecule has 1 spiro atoms. The number of amides is 2. The van der Waals surface area contributed by atoms with Crippen LogP contribution in [0.4, 0.5) is 4.79 Å². The lowest BCUT2D eigenvalue weighted by Crippen LogP contribution is -2.51. The third kappa shape index (κ3) is 3.76. The Kier molecular flexibility index (Phi) is 5.34. The molecule has 2 N–H and O–H groups in total. The SMILES string of the molecule is COC(=O)C1=C(CN2CCC3(CC2)OCCO3)NC(=O)NC1c1ccccc1. The number of nitrogens with zero attached hydrogens (tertiary/aromatic N) is 1. The van der Waals surface area contributed by atoms with Crippen molar-refractivity contribution in [1.29, 1.82) is 0 Å². The standard InChI is InChI=1S/C20H25N3O5/c1-26-18(24)16-15(13-23-9-7-20(8-10-23)27-11-12-28-20)21-19(25)22-17(16)14-5-3-2-4-6-14/h2-6,17H,7-13H2,1H3,(H2,21,22,25). The van der Waals surface area contributed by atoms with Crippen LogP contribution in [0.3, 0.4) is 0 Å². The van der Waals surface area contributed by atoms with Crippen molar-refractivity contribution in [1.82, 2.24) is 15.5 Å². The molecule has 1 unspecified atom stereocenters. The molecule has 2 amide bonds. The summed E-state index contributed by atoms with van der Waals surface area (Å²) in [6.07, 6.45) is 1.53. The van der Waals surface area contributed by atoms with E-state index >= 15 is 0 Å². The minimum absolute atomic E-state index is 0.326. The molecule has 0 radical (unpaired) electrons. The topological polar surface area (TPSA) is 89.1 Å². The molecule has 4 rings (SSSR count). The Morgan fingerprint density at radius 3 is 2.54 bits per heavy atom. The third-order valence-corrected chi connectivity index (χ3v) is 5.51. The number of benzene rings is 1. The maximum Gasteiger partial charge on any atom is 0.338 e. The van der Waals surface area contributed by atoms with E-state index in [1.165, 1.54) is 7.11 Å². The van der Waals surface area contributed by atoms with Crippen LogP contribution in [0.2, 0.25) is 0 Å². The monoisotopic (exact) mass is 387 g/mol. The number of esters is 1. The van der Waals surface area contributed by atoms with E-state index in [9.17, 15) is 9.59 Å². The average molecular weight is 387 g/mol. The third-order valence-electron chi connectivity index (χ3n) is 5.51. The van der Waals surface area contributed by atoms with Gasteiger partial charge in [-0.1, -0.05) is 30.3 Å². The fraction of sp³-hybridized carbons (Fsp3) is 0.500. The van der Waals surface area contributed by atoms with Crippen LogP contribution < -0.4 is 10.6 Å². The van der Waals surface area contributed by atoms with Crippen LogP contribution in [0.25, 0.3) is 0 Å². The minimum atomic E-state index is -0.546. The van der Waals surface area contributed by atoms with Crippen LogP contribution in [-0.4, -0.2) is 62.6 Å². The van der Waals surface area contributed by atoms with Gasteiger partial charge in [-0.3, -0.25) is 4.90 Å². The molecule has 2 saturated heterocycles. The first-order chi connectivity index (χ1) is 13.6. The van der Waals surface area contributed by atoms with E-state index in [1.54, 1.807) is 0 Å². The minimum Gasteiger partial charge on any atom is -0.466 e. The first-order valence-electron chi connectivity index (χ1n) is 9.54. The molecular formula is C20H25N3O5. The number of urea groups is 1. The van der Waals surface area contributed by atoms with Crippen LogP contribution in [0.5, 0.6) is 0 Å². The first kappa shape index (κ1) is 18.9. The van der Waals surface area contributed by atoms with E-state index in [1.807, 2.05) is 30.3 Å². The van der Waals surface area contributed by atoms with Crippen molar-refractivity contribution < 1.29 is 23.8 Å². The first-order valence-corrected chi connectivity index (χ1v) is 9.54. The van der Waals surface area contributed by atoms with Gasteiger partial charge in [-0.05, 0) is 5.56 Å². The zero-order chi connectivity index (χ0) is 19.6. The number of carbonyl (C=O) groups is 2. The summed E-state index contributed by atoms with van der Waals surface area (Å²) in [6.45, 7) is 3.25. The van der Waals surface area contributed by atoms with Crippen molar-refractivity contribution in [2.75, 3.05) is 40.0 Å². The van der Waals surface area contributed by atoms with Crippen molar-refractivity contribution >= 4 is 12.0 Å². The molecule has 1 atom stereocenters. The van der Waals surface area contributed by atoms with Crippen LogP contribution >= 0.6 is 0 Å². The Bertz CT molecular complexity index is 763. The van der Waals surface area contributed by atoms with E-state index in [2.05, 4.69) is 15.5 Å². The van der Waals surface area contributed by atoms with Crippen LogP contribution in [0.1, 0.15) is 24.4 Å². The second-order valence-electron chi connectivity index (χ2n) is 7.21. The number of carbonyl (C=O) groups excluding carboxylic acids is 2. The van der Waals surface area contributed by atoms with Crippen molar-refractivity contribution in [3.05, 3.63) is 47.2 Å². The second kappa shape index (κ2) is 7.90. The van der Waals surface area contributed by atoms with Gasteiger partial charge in [-0.25, -0.2) is 9.59 Å². The van der Waals surface area contributed by atoms with E-state index in [0.29, 0.717) is 31.0 Å². The molecular weight excluding hydrogens is 362 g/mol. The summed E-state index contributed by atoms with van der Waals surface area (Å²) in [5.41, 5.74) is 1.84. The molecule has 0 aliphatic carbocycles. The van der Waals surface area contributed by atoms with Crippen molar-refractivity contribution in [2.45, 2.75) is 24.7 Å². The predicted molar refractivity (Wildman–Crippen MR) is 100 cm³/mol.